The van der Waals surface area contributed by atoms with Gasteiger partial charge >= 0.3 is 36.7 Å². The van der Waals surface area contributed by atoms with E-state index in [9.17, 15) is 0 Å². The summed E-state index contributed by atoms with van der Waals surface area (Å²) in [5, 5.41) is 16.5. The van der Waals surface area contributed by atoms with Gasteiger partial charge in [0.05, 0.1) is 0 Å². The Morgan fingerprint density at radius 3 is 0.443 bits per heavy atom. The minimum atomic E-state index is -1.74. The summed E-state index contributed by atoms with van der Waals surface area (Å²) in [6.07, 6.45) is 25.1. The van der Waals surface area contributed by atoms with Crippen molar-refractivity contribution < 1.29 is 56.8 Å². The van der Waals surface area contributed by atoms with Gasteiger partial charge in [0.25, 0.3) is 0 Å². The van der Waals surface area contributed by atoms with Crippen molar-refractivity contribution in [3.8, 4) is 0 Å². The summed E-state index contributed by atoms with van der Waals surface area (Å²) in [6.45, 7) is 28.3. The maximum atomic E-state index is 8.25. The third-order valence-corrected chi connectivity index (χ3v) is 18.8. The van der Waals surface area contributed by atoms with E-state index in [-0.39, 0.29) is 19.5 Å². The predicted molar refractivity (Wildman–Crippen MR) is 251 cm³/mol. The van der Waals surface area contributed by atoms with Gasteiger partial charge in [-0.05, 0) is 148 Å². The van der Waals surface area contributed by atoms with Crippen molar-refractivity contribution in [2.24, 2.45) is 71.0 Å². The molecule has 1 radical (unpaired) electrons. The van der Waals surface area contributed by atoms with Crippen LogP contribution in [0, 0.1) is 71.0 Å². The number of hydrogen-bond acceptors (Lipinski definition) is 8. The zero-order chi connectivity index (χ0) is 44.5. The minimum absolute atomic E-state index is 0. The van der Waals surface area contributed by atoms with Crippen molar-refractivity contribution in [2.75, 3.05) is 14.2 Å². The molecule has 0 spiro atoms. The van der Waals surface area contributed by atoms with Crippen molar-refractivity contribution in [1.82, 2.24) is 0 Å². The molecule has 12 unspecified atom stereocenters. The molecule has 0 N–H and O–H groups in total. The van der Waals surface area contributed by atoms with Crippen LogP contribution in [0.3, 0.4) is 0 Å². The molecule has 0 saturated heterocycles. The Hall–Kier alpha value is 1.16. The summed E-state index contributed by atoms with van der Waals surface area (Å²) in [6, 6.07) is 0. The van der Waals surface area contributed by atoms with E-state index in [4.69, 9.17) is 37.4 Å². The Kier molecular flexibility index (Phi) is 29.2. The third kappa shape index (κ3) is 18.0. The first kappa shape index (κ1) is 58.3. The fourth-order valence-corrected chi connectivity index (χ4v) is 16.6. The molecule has 6 rings (SSSR count). The molecular formula is C50H98O8P2Rh+2. The Labute approximate surface area is 392 Å². The van der Waals surface area contributed by atoms with Gasteiger partial charge < -0.3 is 10.2 Å². The molecule has 6 fully saturated rings. The quantitative estimate of drug-likeness (QED) is 0.141. The molecule has 0 amide bonds. The van der Waals surface area contributed by atoms with Crippen LogP contribution in [0.25, 0.3) is 0 Å². The fraction of sp³-hybridized carbons (Fsp3) is 1.00. The van der Waals surface area contributed by atoms with Crippen LogP contribution in [-0.2, 0) is 46.6 Å². The molecule has 6 aliphatic carbocycles. The molecule has 0 bridgehead atoms. The van der Waals surface area contributed by atoms with E-state index in [1.807, 2.05) is 0 Å². The summed E-state index contributed by atoms with van der Waals surface area (Å²) >= 11 is 0. The summed E-state index contributed by atoms with van der Waals surface area (Å²) in [5.41, 5.74) is 0. The Balaban J connectivity index is 0.000000383. The van der Waals surface area contributed by atoms with E-state index in [1.54, 1.807) is 0 Å². The molecule has 363 valence electrons. The van der Waals surface area contributed by atoms with E-state index in [0.717, 1.165) is 14.2 Å². The van der Waals surface area contributed by atoms with Crippen molar-refractivity contribution >= 4 is 17.2 Å². The summed E-state index contributed by atoms with van der Waals surface area (Å²) in [4.78, 5) is 0. The van der Waals surface area contributed by atoms with Crippen LogP contribution in [0.5, 0.6) is 0 Å². The molecule has 61 heavy (non-hydrogen) atoms. The average molecular weight is 992 g/mol. The maximum Gasteiger partial charge on any atom is 2.00 e. The van der Waals surface area contributed by atoms with Crippen LogP contribution >= 0.6 is 17.2 Å². The van der Waals surface area contributed by atoms with Crippen LogP contribution in [0.15, 0.2) is 0 Å². The van der Waals surface area contributed by atoms with Crippen LogP contribution in [0.4, 0.5) is 0 Å². The van der Waals surface area contributed by atoms with Gasteiger partial charge in [0.1, 0.15) is 36.6 Å². The standard InChI is InChI=1S/2C24H46O3P.2CH3O.Rh/c2*1-16-10-7-11-17(2)22(16)25-28(26-23-18(3)12-8-13-19(23)4)27-24-20(5)14-9-15-21(24)6;2*1-2;/h2*16-24,28H,7-15H2,1-6H3;2*1H3;/q2*+1;2*-1;+2. The molecule has 6 saturated carbocycles. The van der Waals surface area contributed by atoms with Gasteiger partial charge in [-0.15, -0.1) is 0 Å². The Morgan fingerprint density at radius 2 is 0.344 bits per heavy atom. The zero-order valence-electron chi connectivity index (χ0n) is 41.7. The Morgan fingerprint density at radius 1 is 0.246 bits per heavy atom. The van der Waals surface area contributed by atoms with Crippen LogP contribution < -0.4 is 10.2 Å². The second-order valence-electron chi connectivity index (χ2n) is 21.3. The average Bonchev–Trinajstić information content (AvgIpc) is 3.22. The van der Waals surface area contributed by atoms with Crippen molar-refractivity contribution in [2.45, 2.75) is 235 Å². The van der Waals surface area contributed by atoms with Gasteiger partial charge in [-0.2, -0.15) is 41.4 Å². The van der Waals surface area contributed by atoms with Gasteiger partial charge in [0.15, 0.2) is 0 Å². The maximum absolute atomic E-state index is 8.25. The van der Waals surface area contributed by atoms with Gasteiger partial charge in [-0.1, -0.05) is 122 Å². The van der Waals surface area contributed by atoms with Crippen molar-refractivity contribution in [3.05, 3.63) is 0 Å². The van der Waals surface area contributed by atoms with Crippen LogP contribution in [-0.4, -0.2) is 50.8 Å². The largest absolute Gasteiger partial charge is 2.00 e. The molecule has 11 heteroatoms. The molecule has 0 heterocycles. The van der Waals surface area contributed by atoms with Gasteiger partial charge in [0, 0.05) is 0 Å². The normalized spacial score (nSPS) is 42.7. The summed E-state index contributed by atoms with van der Waals surface area (Å²) in [5.74, 6) is 7.32. The first-order chi connectivity index (χ1) is 28.7. The SMILES string of the molecule is CC1CCCC(C)C1O[PH+](OC1C(C)CCCC1C)OC1C(C)CCCC1C.CC1CCCC(C)C1O[PH+](OC1C(C)CCCC1C)OC1C(C)CCCC1C.C[O-].C[O-].[Rh+2]. The first-order valence-corrected chi connectivity index (χ1v) is 27.7. The van der Waals surface area contributed by atoms with E-state index in [1.165, 1.54) is 116 Å². The van der Waals surface area contributed by atoms with E-state index >= 15 is 0 Å². The van der Waals surface area contributed by atoms with Crippen molar-refractivity contribution in [3.63, 3.8) is 0 Å². The molecule has 12 atom stereocenters. The molecule has 6 aliphatic rings. The molecule has 0 aliphatic heterocycles. The monoisotopic (exact) mass is 992 g/mol. The molecular weight excluding hydrogens is 893 g/mol. The predicted octanol–water partition coefficient (Wildman–Crippen LogP) is 12.9. The molecule has 0 aromatic carbocycles. The molecule has 8 nitrogen and oxygen atoms in total. The van der Waals surface area contributed by atoms with Gasteiger partial charge in [0.2, 0.25) is 0 Å². The summed E-state index contributed by atoms with van der Waals surface area (Å²) < 4.78 is 40.6. The number of hydrogen-bond donors (Lipinski definition) is 0. The number of rotatable bonds is 12. The molecule has 0 aromatic rings. The second-order valence-corrected chi connectivity index (χ2v) is 23.7. The third-order valence-electron chi connectivity index (χ3n) is 16.0. The van der Waals surface area contributed by atoms with E-state index < -0.39 is 17.2 Å². The van der Waals surface area contributed by atoms with Crippen LogP contribution in [0.1, 0.15) is 199 Å². The van der Waals surface area contributed by atoms with Crippen molar-refractivity contribution in [1.29, 1.82) is 0 Å². The molecule has 0 aromatic heterocycles. The van der Waals surface area contributed by atoms with Gasteiger partial charge in [-0.3, -0.25) is 0 Å². The topological polar surface area (TPSA) is 102 Å². The Bertz CT molecular complexity index is 850. The second kappa shape index (κ2) is 30.5. The van der Waals surface area contributed by atoms with Crippen LogP contribution in [0.2, 0.25) is 0 Å². The van der Waals surface area contributed by atoms with Gasteiger partial charge in [-0.25, -0.2) is 0 Å². The zero-order valence-corrected chi connectivity index (χ0v) is 45.4. The smallest absolute Gasteiger partial charge is 0.857 e. The first-order valence-electron chi connectivity index (χ1n) is 25.3. The van der Waals surface area contributed by atoms with E-state index in [2.05, 4.69) is 83.1 Å². The minimum Gasteiger partial charge on any atom is -0.857 e. The van der Waals surface area contributed by atoms with E-state index in [0.29, 0.717) is 108 Å². The summed E-state index contributed by atoms with van der Waals surface area (Å²) in [7, 11) is -1.97. The fourth-order valence-electron chi connectivity index (χ4n) is 12.1.